The molecule has 0 aromatic carbocycles. The summed E-state index contributed by atoms with van der Waals surface area (Å²) in [4.78, 5) is 27.0. The fraction of sp³-hybridized carbons (Fsp3) is 0.833. The Kier molecular flexibility index (Phi) is 5.12. The second-order valence-electron chi connectivity index (χ2n) is 4.85. The number of hydrogen-bond donors (Lipinski definition) is 1. The predicted octanol–water partition coefficient (Wildman–Crippen LogP) is -1.71. The molecule has 0 bridgehead atoms. The van der Waals surface area contributed by atoms with Crippen LogP contribution in [0.5, 0.6) is 0 Å². The summed E-state index contributed by atoms with van der Waals surface area (Å²) < 4.78 is 10.6. The zero-order chi connectivity index (χ0) is 13.7. The molecule has 0 radical (unpaired) electrons. The molecule has 2 saturated heterocycles. The molecule has 2 heterocycles. The van der Waals surface area contributed by atoms with Gasteiger partial charge in [-0.05, 0) is 0 Å². The SMILES string of the molecule is COCC1CN(CC(=O)N2CCNC(=O)C2)CCO1. The number of morpholine rings is 1. The van der Waals surface area contributed by atoms with Gasteiger partial charge < -0.3 is 19.7 Å². The Bertz CT molecular complexity index is 335. The molecule has 19 heavy (non-hydrogen) atoms. The van der Waals surface area contributed by atoms with Crippen molar-refractivity contribution in [1.29, 1.82) is 0 Å². The summed E-state index contributed by atoms with van der Waals surface area (Å²) in [5.74, 6) is -0.0771. The standard InChI is InChI=1S/C12H21N3O4/c1-18-9-10-6-14(4-5-19-10)8-12(17)15-3-2-13-11(16)7-15/h10H,2-9H2,1H3,(H,13,16). The largest absolute Gasteiger partial charge is 0.382 e. The lowest BCUT2D eigenvalue weighted by Crippen LogP contribution is -2.54. The lowest BCUT2D eigenvalue weighted by molar-refractivity contribution is -0.141. The van der Waals surface area contributed by atoms with Crippen molar-refractivity contribution in [1.82, 2.24) is 15.1 Å². The van der Waals surface area contributed by atoms with Crippen LogP contribution in [0.15, 0.2) is 0 Å². The first kappa shape index (κ1) is 14.2. The highest BCUT2D eigenvalue weighted by atomic mass is 16.5. The zero-order valence-electron chi connectivity index (χ0n) is 11.3. The Labute approximate surface area is 112 Å². The van der Waals surface area contributed by atoms with Crippen molar-refractivity contribution in [2.45, 2.75) is 6.10 Å². The Morgan fingerprint density at radius 1 is 1.53 bits per heavy atom. The van der Waals surface area contributed by atoms with Gasteiger partial charge in [-0.25, -0.2) is 0 Å². The van der Waals surface area contributed by atoms with Gasteiger partial charge in [0.1, 0.15) is 0 Å². The van der Waals surface area contributed by atoms with Crippen LogP contribution in [0.2, 0.25) is 0 Å². The third kappa shape index (κ3) is 4.15. The van der Waals surface area contributed by atoms with Crippen molar-refractivity contribution in [3.63, 3.8) is 0 Å². The maximum Gasteiger partial charge on any atom is 0.239 e. The summed E-state index contributed by atoms with van der Waals surface area (Å²) in [6, 6.07) is 0. The second-order valence-corrected chi connectivity index (χ2v) is 4.85. The van der Waals surface area contributed by atoms with Gasteiger partial charge in [0.2, 0.25) is 11.8 Å². The number of ether oxygens (including phenoxy) is 2. The van der Waals surface area contributed by atoms with Crippen LogP contribution in [-0.2, 0) is 19.1 Å². The van der Waals surface area contributed by atoms with Crippen LogP contribution in [0, 0.1) is 0 Å². The van der Waals surface area contributed by atoms with Gasteiger partial charge in [-0.1, -0.05) is 0 Å². The molecule has 2 amide bonds. The monoisotopic (exact) mass is 271 g/mol. The van der Waals surface area contributed by atoms with E-state index in [9.17, 15) is 9.59 Å². The number of rotatable bonds is 4. The molecule has 7 nitrogen and oxygen atoms in total. The Morgan fingerprint density at radius 3 is 3.11 bits per heavy atom. The highest BCUT2D eigenvalue weighted by Gasteiger charge is 2.26. The van der Waals surface area contributed by atoms with Gasteiger partial charge >= 0.3 is 0 Å². The van der Waals surface area contributed by atoms with Crippen LogP contribution in [0.1, 0.15) is 0 Å². The van der Waals surface area contributed by atoms with Crippen LogP contribution < -0.4 is 5.32 Å². The zero-order valence-corrected chi connectivity index (χ0v) is 11.3. The summed E-state index contributed by atoms with van der Waals surface area (Å²) in [5, 5.41) is 2.71. The maximum absolute atomic E-state index is 12.1. The van der Waals surface area contributed by atoms with E-state index < -0.39 is 0 Å². The average Bonchev–Trinajstić information content (AvgIpc) is 2.39. The molecule has 2 aliphatic heterocycles. The van der Waals surface area contributed by atoms with E-state index in [1.807, 2.05) is 0 Å². The molecular weight excluding hydrogens is 250 g/mol. The Morgan fingerprint density at radius 2 is 2.37 bits per heavy atom. The number of carbonyl (C=O) groups is 2. The third-order valence-corrected chi connectivity index (χ3v) is 3.33. The number of nitrogens with one attached hydrogen (secondary N) is 1. The summed E-state index contributed by atoms with van der Waals surface area (Å²) in [6.45, 7) is 4.24. The Hall–Kier alpha value is -1.18. The molecule has 2 aliphatic rings. The molecule has 108 valence electrons. The number of carbonyl (C=O) groups excluding carboxylic acids is 2. The number of hydrogen-bond acceptors (Lipinski definition) is 5. The molecule has 1 atom stereocenters. The van der Waals surface area contributed by atoms with Crippen molar-refractivity contribution >= 4 is 11.8 Å². The minimum atomic E-state index is -0.0844. The summed E-state index contributed by atoms with van der Waals surface area (Å²) in [7, 11) is 1.64. The smallest absolute Gasteiger partial charge is 0.239 e. The van der Waals surface area contributed by atoms with Crippen molar-refractivity contribution in [3.05, 3.63) is 0 Å². The van der Waals surface area contributed by atoms with Crippen LogP contribution in [-0.4, -0.2) is 87.3 Å². The molecule has 2 fully saturated rings. The molecule has 0 spiro atoms. The number of piperazine rings is 1. The van der Waals surface area contributed by atoms with Gasteiger partial charge in [-0.3, -0.25) is 14.5 Å². The van der Waals surface area contributed by atoms with Crippen molar-refractivity contribution in [3.8, 4) is 0 Å². The summed E-state index contributed by atoms with van der Waals surface area (Å²) >= 11 is 0. The van der Waals surface area contributed by atoms with E-state index in [0.717, 1.165) is 6.54 Å². The van der Waals surface area contributed by atoms with Crippen LogP contribution >= 0.6 is 0 Å². The van der Waals surface area contributed by atoms with E-state index in [0.29, 0.717) is 39.4 Å². The minimum absolute atomic E-state index is 0.00733. The molecule has 7 heteroatoms. The van der Waals surface area contributed by atoms with Crippen LogP contribution in [0.4, 0.5) is 0 Å². The molecule has 0 aliphatic carbocycles. The lowest BCUT2D eigenvalue weighted by Gasteiger charge is -2.34. The number of amides is 2. The molecule has 1 unspecified atom stereocenters. The predicted molar refractivity (Wildman–Crippen MR) is 67.6 cm³/mol. The second kappa shape index (κ2) is 6.83. The van der Waals surface area contributed by atoms with Gasteiger partial charge in [-0.15, -0.1) is 0 Å². The Balaban J connectivity index is 1.79. The molecule has 0 saturated carbocycles. The van der Waals surface area contributed by atoms with Gasteiger partial charge in [0.05, 0.1) is 32.4 Å². The van der Waals surface area contributed by atoms with E-state index in [1.165, 1.54) is 0 Å². The van der Waals surface area contributed by atoms with E-state index in [4.69, 9.17) is 9.47 Å². The molecule has 1 N–H and O–H groups in total. The van der Waals surface area contributed by atoms with E-state index in [-0.39, 0.29) is 24.5 Å². The van der Waals surface area contributed by atoms with Crippen molar-refractivity contribution < 1.29 is 19.1 Å². The maximum atomic E-state index is 12.1. The van der Waals surface area contributed by atoms with Gasteiger partial charge in [-0.2, -0.15) is 0 Å². The number of nitrogens with zero attached hydrogens (tertiary/aromatic N) is 2. The highest BCUT2D eigenvalue weighted by molar-refractivity contribution is 5.86. The molecular formula is C12H21N3O4. The van der Waals surface area contributed by atoms with E-state index in [1.54, 1.807) is 12.0 Å². The van der Waals surface area contributed by atoms with Crippen molar-refractivity contribution in [2.75, 3.05) is 59.6 Å². The normalized spacial score (nSPS) is 25.2. The third-order valence-electron chi connectivity index (χ3n) is 3.33. The van der Waals surface area contributed by atoms with Gasteiger partial charge in [0, 0.05) is 33.3 Å². The van der Waals surface area contributed by atoms with E-state index in [2.05, 4.69) is 10.2 Å². The molecule has 0 aromatic heterocycles. The van der Waals surface area contributed by atoms with Gasteiger partial charge in [0.25, 0.3) is 0 Å². The van der Waals surface area contributed by atoms with Gasteiger partial charge in [0.15, 0.2) is 0 Å². The molecule has 0 aromatic rings. The van der Waals surface area contributed by atoms with E-state index >= 15 is 0 Å². The quantitative estimate of drug-likeness (QED) is 0.659. The van der Waals surface area contributed by atoms with Crippen molar-refractivity contribution in [2.24, 2.45) is 0 Å². The van der Waals surface area contributed by atoms with Crippen LogP contribution in [0.25, 0.3) is 0 Å². The van der Waals surface area contributed by atoms with Crippen LogP contribution in [0.3, 0.4) is 0 Å². The highest BCUT2D eigenvalue weighted by Crippen LogP contribution is 2.06. The first-order chi connectivity index (χ1) is 9.19. The first-order valence-corrected chi connectivity index (χ1v) is 6.56. The summed E-state index contributed by atoms with van der Waals surface area (Å²) in [5.41, 5.74) is 0. The fourth-order valence-electron chi connectivity index (χ4n) is 2.35. The average molecular weight is 271 g/mol. The fourth-order valence-corrected chi connectivity index (χ4v) is 2.35. The number of methoxy groups -OCH3 is 1. The topological polar surface area (TPSA) is 71.1 Å². The first-order valence-electron chi connectivity index (χ1n) is 6.56. The molecule has 2 rings (SSSR count). The summed E-state index contributed by atoms with van der Waals surface area (Å²) in [6.07, 6.45) is 0.0243. The minimum Gasteiger partial charge on any atom is -0.382 e. The lowest BCUT2D eigenvalue weighted by atomic mass is 10.2.